The molecule has 0 radical (unpaired) electrons. The first-order valence-corrected chi connectivity index (χ1v) is 49.0. The van der Waals surface area contributed by atoms with Gasteiger partial charge in [0.15, 0.2) is 0 Å². The van der Waals surface area contributed by atoms with Crippen molar-refractivity contribution < 1.29 is 78.5 Å². The first-order chi connectivity index (χ1) is 69.6. The summed E-state index contributed by atoms with van der Waals surface area (Å²) in [6, 6.07) is 134. The molecule has 21 aromatic rings. The van der Waals surface area contributed by atoms with Crippen molar-refractivity contribution in [2.75, 3.05) is 0 Å². The number of phenolic OH excluding ortho intramolecular Hbond substituents is 3. The van der Waals surface area contributed by atoms with Crippen molar-refractivity contribution >= 4 is 33.1 Å². The van der Waals surface area contributed by atoms with Crippen LogP contribution in [0.15, 0.2) is 370 Å². The zero-order valence-corrected chi connectivity index (χ0v) is 92.2. The summed E-state index contributed by atoms with van der Waals surface area (Å²) in [5, 5.41) is 55.0. The summed E-state index contributed by atoms with van der Waals surface area (Å²) >= 11 is 0. The van der Waals surface area contributed by atoms with Crippen molar-refractivity contribution in [3.05, 3.63) is 428 Å². The van der Waals surface area contributed by atoms with Crippen molar-refractivity contribution in [3.8, 4) is 187 Å². The van der Waals surface area contributed by atoms with E-state index in [1.54, 1.807) is 18.5 Å². The molecule has 0 unspecified atom stereocenters. The maximum atomic E-state index is 12.1. The summed E-state index contributed by atoms with van der Waals surface area (Å²) in [5.41, 5.74) is 32.4. The fraction of sp³-hybridized carbons (Fsp3) is 0.160. The van der Waals surface area contributed by atoms with Gasteiger partial charge in [-0.3, -0.25) is 24.1 Å². The van der Waals surface area contributed by atoms with E-state index in [4.69, 9.17) is 24.9 Å². The Balaban J connectivity index is 0.000000162. The van der Waals surface area contributed by atoms with Crippen LogP contribution in [0.2, 0.25) is 0 Å². The van der Waals surface area contributed by atoms with Gasteiger partial charge in [-0.15, -0.1) is 76.9 Å². The Bertz CT molecular complexity index is 8550. The molecule has 14 nitrogen and oxygen atoms in total. The third-order valence-corrected chi connectivity index (χ3v) is 26.8. The predicted octanol–water partition coefficient (Wildman–Crippen LogP) is 32.2. The van der Waals surface area contributed by atoms with Gasteiger partial charge < -0.3 is 19.9 Å². The van der Waals surface area contributed by atoms with Gasteiger partial charge in [-0.2, -0.15) is 10.5 Å². The number of aromatic hydroxyl groups is 3. The zero-order valence-electron chi connectivity index (χ0n) is 85.4. The third kappa shape index (κ3) is 21.7. The molecular weight excluding hydrogens is 2360 g/mol. The minimum absolute atomic E-state index is 0. The fourth-order valence-corrected chi connectivity index (χ4v) is 18.8. The number of aromatic nitrogens is 9. The Morgan fingerprint density at radius 1 is 0.270 bits per heavy atom. The van der Waals surface area contributed by atoms with Gasteiger partial charge in [0, 0.05) is 134 Å². The number of hydrogen-bond donors (Lipinski definition) is 3. The van der Waals surface area contributed by atoms with Gasteiger partial charge >= 0.3 is 0 Å². The van der Waals surface area contributed by atoms with Crippen molar-refractivity contribution in [1.82, 2.24) is 43.6 Å². The normalized spacial score (nSPS) is 11.6. The summed E-state index contributed by atoms with van der Waals surface area (Å²) in [7, 11) is 1.98. The van der Waals surface area contributed by atoms with E-state index in [1.165, 1.54) is 5.56 Å². The second-order valence-electron chi connectivity index (χ2n) is 42.1. The number of phenols is 3. The van der Waals surface area contributed by atoms with Gasteiger partial charge in [-0.1, -0.05) is 391 Å². The van der Waals surface area contributed by atoms with Crippen molar-refractivity contribution in [3.63, 3.8) is 0 Å². The number of imidazole rings is 3. The monoisotopic (exact) mass is 2470 g/mol. The SMILES string of the molecule is CC(C)(C)c1cc(-c2nc3c(-c4[c-]c(-c5cc(-c6ccccc6)c(C#N)cn5)cc(-c5ccccc5)c4)cccc3n2-c2ccccc2)c(O)c(C(C)(C)C)c1.CC(C)(C)c1cc(-c2nc3c(-c4[c-]c(-c5cc(C#N)c(-c6ccccc6)cn5)cc(-c5ccccc5)c4)cccc3n2-c2ccccc2)c(O)c(C(C)(C)C)c1.Cn1c(-c2ccccc2O)nc2c(-c3[c-]c(-c4ccccn4)cc(C(C)(C)C)c3)cccc21.[Pt].[Pt].[Pt]. The molecule has 6 heterocycles. The molecule has 6 aromatic heterocycles. The Labute approximate surface area is 910 Å². The molecule has 0 atom stereocenters. The van der Waals surface area contributed by atoms with E-state index < -0.39 is 0 Å². The van der Waals surface area contributed by atoms with Crippen molar-refractivity contribution in [2.24, 2.45) is 7.05 Å². The number of pyridine rings is 3. The fourth-order valence-electron chi connectivity index (χ4n) is 18.8. The minimum Gasteiger partial charge on any atom is -0.507 e. The van der Waals surface area contributed by atoms with Crippen LogP contribution in [0, 0.1) is 40.9 Å². The van der Waals surface area contributed by atoms with Gasteiger partial charge in [0.1, 0.15) is 40.8 Å². The van der Waals surface area contributed by atoms with Gasteiger partial charge in [0.25, 0.3) is 0 Å². The summed E-state index contributed by atoms with van der Waals surface area (Å²) in [4.78, 5) is 30.1. The Hall–Kier alpha value is -15.4. The van der Waals surface area contributed by atoms with Crippen LogP contribution < -0.4 is 0 Å². The van der Waals surface area contributed by atoms with E-state index in [0.717, 1.165) is 173 Å². The second-order valence-corrected chi connectivity index (χ2v) is 42.1. The number of rotatable bonds is 15. The molecule has 0 saturated carbocycles. The van der Waals surface area contributed by atoms with Crippen LogP contribution in [-0.2, 0) is 97.3 Å². The van der Waals surface area contributed by atoms with E-state index in [2.05, 4.69) is 306 Å². The molecule has 0 bridgehead atoms. The maximum Gasteiger partial charge on any atom is 0.148 e. The summed E-state index contributed by atoms with van der Waals surface area (Å²) < 4.78 is 6.34. The van der Waals surface area contributed by atoms with Gasteiger partial charge in [-0.05, 0) is 139 Å². The smallest absolute Gasteiger partial charge is 0.148 e. The summed E-state index contributed by atoms with van der Waals surface area (Å²) in [5.74, 6) is 2.74. The van der Waals surface area contributed by atoms with Gasteiger partial charge in [0.05, 0.1) is 67.0 Å². The van der Waals surface area contributed by atoms with Crippen LogP contribution in [0.5, 0.6) is 17.2 Å². The number of hydrogen-bond acceptors (Lipinski definition) is 11. The van der Waals surface area contributed by atoms with E-state index in [9.17, 15) is 25.8 Å². The topological polar surface area (TPSA) is 200 Å². The molecule has 17 heteroatoms. The van der Waals surface area contributed by atoms with E-state index in [1.807, 2.05) is 206 Å². The minimum atomic E-state index is -0.309. The van der Waals surface area contributed by atoms with Crippen LogP contribution in [0.1, 0.15) is 143 Å². The number of aryl methyl sites for hydroxylation is 1. The molecular formula is C131H112N11O3Pt3-3. The molecule has 0 amide bonds. The van der Waals surface area contributed by atoms with E-state index in [0.29, 0.717) is 50.9 Å². The van der Waals surface area contributed by atoms with E-state index in [-0.39, 0.29) is 108 Å². The van der Waals surface area contributed by atoms with Crippen LogP contribution in [0.3, 0.4) is 0 Å². The average molecular weight is 2470 g/mol. The number of para-hydroxylation sites is 6. The first-order valence-electron chi connectivity index (χ1n) is 49.0. The molecule has 742 valence electrons. The summed E-state index contributed by atoms with van der Waals surface area (Å²) in [6.07, 6.45) is 5.24. The van der Waals surface area contributed by atoms with Crippen molar-refractivity contribution in [2.45, 2.75) is 131 Å². The largest absolute Gasteiger partial charge is 0.507 e. The number of benzene rings is 15. The van der Waals surface area contributed by atoms with Crippen molar-refractivity contribution in [1.29, 1.82) is 10.5 Å². The molecule has 0 aliphatic rings. The van der Waals surface area contributed by atoms with Crippen LogP contribution in [0.25, 0.3) is 190 Å². The molecule has 0 spiro atoms. The molecule has 0 saturated heterocycles. The number of nitriles is 2. The Kier molecular flexibility index (Phi) is 30.9. The summed E-state index contributed by atoms with van der Waals surface area (Å²) in [6.45, 7) is 32.6. The Morgan fingerprint density at radius 2 is 0.622 bits per heavy atom. The van der Waals surface area contributed by atoms with Gasteiger partial charge in [0.2, 0.25) is 0 Å². The third-order valence-electron chi connectivity index (χ3n) is 26.8. The van der Waals surface area contributed by atoms with Crippen LogP contribution in [0.4, 0.5) is 0 Å². The maximum absolute atomic E-state index is 12.1. The standard InChI is InChI=1S/2C51H43N4O.C29H26N3O.3Pt/c1-50(2,3)39-28-43(48(56)44(29-39)51(4,5)6)49-54-47-41(23-16-24-46(47)55(49)40-21-14-9-15-22-40)36-25-35(33-17-10-7-11-18-33)26-37(27-36)45-30-42(38(31-52)32-53-45)34-19-12-8-13-20-34;1-50(2,3)39-29-42(48(56)44(30-39)51(4,5)6)49-54-47-41(23-16-24-46(47)55(49)40-21-14-9-15-22-40)36-25-35(33-17-10-7-11-18-33)26-37(27-36)45-28-38(31-52)43(32-53-45)34-19-12-8-13-20-34;1-29(2,3)21-17-19(16-20(18-21)24-12-7-8-15-30-24)22-11-9-13-25-27(22)31-28(32(25)4)23-10-5-6-14-26(23)33;;;/h2*7-26,28-30,32,56H,1-6H3;5-15,17-18,33H,1-4H3;;;/q3*-1;;;. The molecule has 15 aromatic carbocycles. The number of nitrogens with zero attached hydrogens (tertiary/aromatic N) is 11. The number of fused-ring (bicyclic) bond motifs is 3. The van der Waals surface area contributed by atoms with Crippen LogP contribution >= 0.6 is 0 Å². The quantitative estimate of drug-likeness (QED) is 0.0825. The van der Waals surface area contributed by atoms with Gasteiger partial charge in [-0.25, -0.2) is 15.0 Å². The Morgan fingerprint density at radius 3 is 1.05 bits per heavy atom. The first kappa shape index (κ1) is 105. The molecule has 0 aliphatic carbocycles. The molecule has 148 heavy (non-hydrogen) atoms. The average Bonchev–Trinajstić information content (AvgIpc) is 1.58. The van der Waals surface area contributed by atoms with E-state index >= 15 is 0 Å². The second kappa shape index (κ2) is 43.3. The predicted molar refractivity (Wildman–Crippen MR) is 591 cm³/mol. The molecule has 3 N–H and O–H groups in total. The van der Waals surface area contributed by atoms with Crippen LogP contribution in [-0.4, -0.2) is 58.9 Å². The zero-order chi connectivity index (χ0) is 102. The molecule has 0 fully saturated rings. The molecule has 0 aliphatic heterocycles. The molecule has 21 rings (SSSR count).